The molecule has 0 saturated carbocycles. The Balaban J connectivity index is 2.61. The molecule has 14 heavy (non-hydrogen) atoms. The summed E-state index contributed by atoms with van der Waals surface area (Å²) in [4.78, 5) is 0. The van der Waals surface area contributed by atoms with Gasteiger partial charge in [-0.2, -0.15) is 0 Å². The van der Waals surface area contributed by atoms with E-state index in [1.165, 1.54) is 22.3 Å². The summed E-state index contributed by atoms with van der Waals surface area (Å²) in [6.07, 6.45) is 0. The van der Waals surface area contributed by atoms with Crippen molar-refractivity contribution in [3.63, 3.8) is 0 Å². The molecule has 0 bridgehead atoms. The Morgan fingerprint density at radius 3 is 1.29 bits per heavy atom. The lowest BCUT2D eigenvalue weighted by atomic mass is 9.97. The van der Waals surface area contributed by atoms with Gasteiger partial charge in [-0.05, 0) is 36.1 Å². The molecule has 0 heterocycles. The molecule has 0 aliphatic rings. The lowest BCUT2D eigenvalue weighted by Crippen LogP contribution is -1.85. The fraction of sp³-hybridized carbons (Fsp3) is 0.143. The van der Waals surface area contributed by atoms with Crippen molar-refractivity contribution in [2.75, 3.05) is 0 Å². The van der Waals surface area contributed by atoms with Crippen molar-refractivity contribution in [2.45, 2.75) is 13.8 Å². The van der Waals surface area contributed by atoms with Crippen LogP contribution in [0, 0.1) is 13.8 Å². The molecule has 0 spiro atoms. The average Bonchev–Trinajstić information content (AvgIpc) is 2.20. The third-order valence-corrected chi connectivity index (χ3v) is 2.58. The van der Waals surface area contributed by atoms with E-state index in [4.69, 9.17) is 0 Å². The van der Waals surface area contributed by atoms with Gasteiger partial charge >= 0.3 is 0 Å². The Hall–Kier alpha value is -1.56. The minimum absolute atomic E-state index is 1.34. The zero-order valence-electron chi connectivity index (χ0n) is 8.62. The fourth-order valence-corrected chi connectivity index (χ4v) is 1.75. The molecule has 0 aromatic heterocycles. The molecule has 70 valence electrons. The molecule has 0 aliphatic carbocycles. The van der Waals surface area contributed by atoms with Crippen molar-refractivity contribution in [1.82, 2.24) is 0 Å². The van der Waals surface area contributed by atoms with Gasteiger partial charge in [0.1, 0.15) is 0 Å². The van der Waals surface area contributed by atoms with Crippen molar-refractivity contribution in [3.05, 3.63) is 59.7 Å². The highest BCUT2D eigenvalue weighted by Crippen LogP contribution is 2.25. The molecule has 0 unspecified atom stereocenters. The molecule has 0 amide bonds. The van der Waals surface area contributed by atoms with Crippen LogP contribution >= 0.6 is 0 Å². The van der Waals surface area contributed by atoms with Gasteiger partial charge in [0.2, 0.25) is 0 Å². The maximum Gasteiger partial charge on any atom is -0.0152 e. The van der Waals surface area contributed by atoms with Crippen LogP contribution in [-0.2, 0) is 0 Å². The molecule has 0 N–H and O–H groups in total. The number of benzene rings is 2. The van der Waals surface area contributed by atoms with Gasteiger partial charge in [0.05, 0.1) is 0 Å². The molecule has 0 aliphatic heterocycles. The summed E-state index contributed by atoms with van der Waals surface area (Å²) in [5.74, 6) is 0. The molecular weight excluding hydrogens is 168 g/mol. The van der Waals surface area contributed by atoms with Crippen LogP contribution in [-0.4, -0.2) is 0 Å². The Bertz CT molecular complexity index is 398. The summed E-state index contributed by atoms with van der Waals surface area (Å²) in [5, 5.41) is 0. The number of aryl methyl sites for hydroxylation is 2. The van der Waals surface area contributed by atoms with Crippen LogP contribution in [0.3, 0.4) is 0 Å². The molecule has 0 heteroatoms. The van der Waals surface area contributed by atoms with Crippen molar-refractivity contribution in [2.24, 2.45) is 0 Å². The number of hydrogen-bond donors (Lipinski definition) is 0. The smallest absolute Gasteiger partial charge is 0.0152 e. The number of rotatable bonds is 1. The van der Waals surface area contributed by atoms with Crippen molar-refractivity contribution < 1.29 is 0 Å². The van der Waals surface area contributed by atoms with Crippen molar-refractivity contribution in [3.8, 4) is 11.1 Å². The molecule has 0 fully saturated rings. The monoisotopic (exact) mass is 182 g/mol. The van der Waals surface area contributed by atoms with Crippen LogP contribution in [0.25, 0.3) is 11.1 Å². The predicted molar refractivity (Wildman–Crippen MR) is 61.4 cm³/mol. The summed E-state index contributed by atoms with van der Waals surface area (Å²) in [6.45, 7) is 4.31. The van der Waals surface area contributed by atoms with Crippen molar-refractivity contribution in [1.29, 1.82) is 0 Å². The van der Waals surface area contributed by atoms with E-state index in [2.05, 4.69) is 62.4 Å². The Morgan fingerprint density at radius 2 is 0.929 bits per heavy atom. The van der Waals surface area contributed by atoms with E-state index >= 15 is 0 Å². The minimum Gasteiger partial charge on any atom is -0.0620 e. The van der Waals surface area contributed by atoms with Gasteiger partial charge in [0, 0.05) is 0 Å². The fourth-order valence-electron chi connectivity index (χ4n) is 1.75. The topological polar surface area (TPSA) is 0 Å². The Labute approximate surface area is 85.2 Å². The standard InChI is InChI=1S/C14H14/c1-11-7-3-5-9-13(11)14-10-6-4-8-12(14)2/h3-10H,1-2H3. The first-order chi connectivity index (χ1) is 6.79. The van der Waals surface area contributed by atoms with E-state index in [1.54, 1.807) is 0 Å². The lowest BCUT2D eigenvalue weighted by Gasteiger charge is -2.08. The largest absolute Gasteiger partial charge is 0.0620 e. The average molecular weight is 182 g/mol. The van der Waals surface area contributed by atoms with Gasteiger partial charge in [-0.25, -0.2) is 0 Å². The summed E-state index contributed by atoms with van der Waals surface area (Å²) in [6, 6.07) is 17.0. The van der Waals surface area contributed by atoms with Gasteiger partial charge < -0.3 is 0 Å². The normalized spacial score (nSPS) is 10.1. The Morgan fingerprint density at radius 1 is 0.571 bits per heavy atom. The molecule has 2 aromatic rings. The summed E-state index contributed by atoms with van der Waals surface area (Å²) < 4.78 is 0. The molecule has 0 nitrogen and oxygen atoms in total. The maximum absolute atomic E-state index is 2.18. The van der Waals surface area contributed by atoms with Crippen LogP contribution < -0.4 is 0 Å². The van der Waals surface area contributed by atoms with E-state index in [1.807, 2.05) is 0 Å². The summed E-state index contributed by atoms with van der Waals surface area (Å²) >= 11 is 0. The van der Waals surface area contributed by atoms with Gasteiger partial charge in [0.15, 0.2) is 0 Å². The van der Waals surface area contributed by atoms with E-state index < -0.39 is 0 Å². The van der Waals surface area contributed by atoms with Gasteiger partial charge in [-0.3, -0.25) is 0 Å². The first-order valence-electron chi connectivity index (χ1n) is 4.90. The van der Waals surface area contributed by atoms with Crippen LogP contribution in [0.1, 0.15) is 11.1 Å². The number of hydrogen-bond acceptors (Lipinski definition) is 0. The highest BCUT2D eigenvalue weighted by Gasteiger charge is 2.02. The second-order valence-electron chi connectivity index (χ2n) is 3.63. The van der Waals surface area contributed by atoms with Gasteiger partial charge in [0.25, 0.3) is 0 Å². The first kappa shape index (κ1) is 9.01. The SMILES string of the molecule is Cc1ccccc1-c1ccccc1C. The first-order valence-corrected chi connectivity index (χ1v) is 4.90. The summed E-state index contributed by atoms with van der Waals surface area (Å²) in [7, 11) is 0. The van der Waals surface area contributed by atoms with E-state index in [0.717, 1.165) is 0 Å². The second-order valence-corrected chi connectivity index (χ2v) is 3.63. The zero-order chi connectivity index (χ0) is 9.97. The van der Waals surface area contributed by atoms with Gasteiger partial charge in [-0.15, -0.1) is 0 Å². The minimum atomic E-state index is 1.34. The van der Waals surface area contributed by atoms with Gasteiger partial charge in [-0.1, -0.05) is 48.5 Å². The van der Waals surface area contributed by atoms with E-state index in [9.17, 15) is 0 Å². The third-order valence-electron chi connectivity index (χ3n) is 2.58. The van der Waals surface area contributed by atoms with Crippen LogP contribution in [0.5, 0.6) is 0 Å². The lowest BCUT2D eigenvalue weighted by molar-refractivity contribution is 1.41. The van der Waals surface area contributed by atoms with E-state index in [-0.39, 0.29) is 0 Å². The molecule has 0 atom stereocenters. The van der Waals surface area contributed by atoms with Crippen molar-refractivity contribution >= 4 is 0 Å². The van der Waals surface area contributed by atoms with E-state index in [0.29, 0.717) is 0 Å². The second kappa shape index (κ2) is 3.67. The molecule has 0 saturated heterocycles. The molecule has 2 aromatic carbocycles. The predicted octanol–water partition coefficient (Wildman–Crippen LogP) is 3.97. The Kier molecular flexibility index (Phi) is 2.36. The molecule has 2 rings (SSSR count). The highest BCUT2D eigenvalue weighted by molar-refractivity contribution is 5.70. The van der Waals surface area contributed by atoms with Crippen LogP contribution in [0.15, 0.2) is 48.5 Å². The summed E-state index contributed by atoms with van der Waals surface area (Å²) in [5.41, 5.74) is 5.35. The highest BCUT2D eigenvalue weighted by atomic mass is 14.1. The maximum atomic E-state index is 2.18. The quantitative estimate of drug-likeness (QED) is 0.626. The third kappa shape index (κ3) is 1.56. The molecular formula is C14H14. The van der Waals surface area contributed by atoms with Crippen LogP contribution in [0.4, 0.5) is 0 Å². The van der Waals surface area contributed by atoms with Crippen LogP contribution in [0.2, 0.25) is 0 Å². The molecule has 0 radical (unpaired) electrons. The zero-order valence-corrected chi connectivity index (χ0v) is 8.62.